The number of hydrogen-bond acceptors (Lipinski definition) is 2. The van der Waals surface area contributed by atoms with Gasteiger partial charge in [-0.15, -0.1) is 0 Å². The van der Waals surface area contributed by atoms with Crippen LogP contribution in [0.3, 0.4) is 0 Å². The van der Waals surface area contributed by atoms with E-state index in [0.717, 1.165) is 6.54 Å². The highest BCUT2D eigenvalue weighted by Gasteiger charge is 2.43. The number of benzene rings is 1. The number of piperidine rings is 1. The highest BCUT2D eigenvalue weighted by atomic mass is 79.9. The summed E-state index contributed by atoms with van der Waals surface area (Å²) >= 11 is 3.75. The Labute approximate surface area is 118 Å². The molecule has 1 heterocycles. The predicted octanol–water partition coefficient (Wildman–Crippen LogP) is 3.43. The summed E-state index contributed by atoms with van der Waals surface area (Å²) in [5.41, 5.74) is 8.97. The first-order valence-corrected chi connectivity index (χ1v) is 7.79. The zero-order valence-electron chi connectivity index (χ0n) is 10.8. The Kier molecular flexibility index (Phi) is 3.37. The molecule has 98 valence electrons. The van der Waals surface area contributed by atoms with Crippen molar-refractivity contribution in [3.05, 3.63) is 28.2 Å². The summed E-state index contributed by atoms with van der Waals surface area (Å²) in [5, 5.41) is 0. The summed E-state index contributed by atoms with van der Waals surface area (Å²) in [6, 6.07) is 6.86. The van der Waals surface area contributed by atoms with Gasteiger partial charge in [0.05, 0.1) is 5.69 Å². The topological polar surface area (TPSA) is 29.3 Å². The number of rotatable bonds is 3. The number of nitrogens with two attached hydrogens (primary N) is 1. The van der Waals surface area contributed by atoms with Crippen molar-refractivity contribution in [1.82, 2.24) is 0 Å². The van der Waals surface area contributed by atoms with Crippen LogP contribution in [-0.2, 0) is 5.41 Å². The molecule has 0 radical (unpaired) electrons. The third-order valence-electron chi connectivity index (χ3n) is 4.50. The normalized spacial score (nSPS) is 22.0. The Balaban J connectivity index is 1.84. The lowest BCUT2D eigenvalue weighted by molar-refractivity contribution is 0.577. The van der Waals surface area contributed by atoms with E-state index >= 15 is 0 Å². The zero-order valence-corrected chi connectivity index (χ0v) is 12.4. The van der Waals surface area contributed by atoms with Crippen molar-refractivity contribution < 1.29 is 0 Å². The predicted molar refractivity (Wildman–Crippen MR) is 80.2 cm³/mol. The van der Waals surface area contributed by atoms with Crippen LogP contribution in [0.5, 0.6) is 0 Å². The molecule has 3 heteroatoms. The molecule has 1 aliphatic heterocycles. The van der Waals surface area contributed by atoms with Crippen molar-refractivity contribution in [1.29, 1.82) is 0 Å². The molecule has 0 aromatic heterocycles. The molecule has 0 amide bonds. The van der Waals surface area contributed by atoms with Crippen molar-refractivity contribution in [2.24, 2.45) is 5.73 Å². The molecule has 1 aliphatic carbocycles. The van der Waals surface area contributed by atoms with Gasteiger partial charge in [-0.1, -0.05) is 6.07 Å². The van der Waals surface area contributed by atoms with E-state index in [1.807, 2.05) is 0 Å². The largest absolute Gasteiger partial charge is 0.371 e. The van der Waals surface area contributed by atoms with E-state index in [1.165, 1.54) is 60.9 Å². The minimum Gasteiger partial charge on any atom is -0.371 e. The molecular weight excluding hydrogens is 288 g/mol. The number of anilines is 1. The minimum absolute atomic E-state index is 0.295. The van der Waals surface area contributed by atoms with E-state index in [0.29, 0.717) is 5.41 Å². The van der Waals surface area contributed by atoms with Crippen LogP contribution in [0.25, 0.3) is 0 Å². The van der Waals surface area contributed by atoms with Gasteiger partial charge in [-0.3, -0.25) is 0 Å². The van der Waals surface area contributed by atoms with Gasteiger partial charge < -0.3 is 10.6 Å². The average molecular weight is 309 g/mol. The summed E-state index contributed by atoms with van der Waals surface area (Å²) < 4.78 is 1.24. The molecule has 18 heavy (non-hydrogen) atoms. The van der Waals surface area contributed by atoms with Crippen LogP contribution in [0.15, 0.2) is 22.7 Å². The van der Waals surface area contributed by atoms with Crippen molar-refractivity contribution in [2.75, 3.05) is 24.5 Å². The molecule has 0 atom stereocenters. The molecule has 1 aromatic carbocycles. The Morgan fingerprint density at radius 3 is 2.44 bits per heavy atom. The second-order valence-corrected chi connectivity index (χ2v) is 6.55. The van der Waals surface area contributed by atoms with Gasteiger partial charge in [-0.05, 0) is 65.7 Å². The molecule has 0 spiro atoms. The zero-order chi connectivity index (χ0) is 12.6. The molecule has 2 nitrogen and oxygen atoms in total. The Hall–Kier alpha value is -0.540. The minimum atomic E-state index is 0.295. The second-order valence-electron chi connectivity index (χ2n) is 5.70. The van der Waals surface area contributed by atoms with Gasteiger partial charge in [0.2, 0.25) is 0 Å². The van der Waals surface area contributed by atoms with E-state index in [1.54, 1.807) is 0 Å². The fourth-order valence-electron chi connectivity index (χ4n) is 2.99. The number of halogens is 1. The third kappa shape index (κ3) is 2.19. The highest BCUT2D eigenvalue weighted by Crippen LogP contribution is 2.48. The maximum atomic E-state index is 5.91. The fraction of sp³-hybridized carbons (Fsp3) is 0.600. The van der Waals surface area contributed by atoms with Crippen molar-refractivity contribution in [3.63, 3.8) is 0 Å². The van der Waals surface area contributed by atoms with Crippen LogP contribution in [0.2, 0.25) is 0 Å². The molecular formula is C15H21BrN2. The molecule has 1 saturated heterocycles. The van der Waals surface area contributed by atoms with Crippen molar-refractivity contribution >= 4 is 21.6 Å². The SMILES string of the molecule is NCC1(c2ccc(N3CCCCC3)c(Br)c2)CC1. The summed E-state index contributed by atoms with van der Waals surface area (Å²) in [6.45, 7) is 3.17. The molecule has 1 saturated carbocycles. The van der Waals surface area contributed by atoms with Gasteiger partial charge >= 0.3 is 0 Å². The first-order valence-electron chi connectivity index (χ1n) is 7.00. The maximum Gasteiger partial charge on any atom is 0.0510 e. The fourth-order valence-corrected chi connectivity index (χ4v) is 3.62. The Bertz CT molecular complexity index is 434. The van der Waals surface area contributed by atoms with Gasteiger partial charge in [0.1, 0.15) is 0 Å². The molecule has 1 aromatic rings. The summed E-state index contributed by atoms with van der Waals surface area (Å²) in [6.07, 6.45) is 6.52. The summed E-state index contributed by atoms with van der Waals surface area (Å²) in [5.74, 6) is 0. The lowest BCUT2D eigenvalue weighted by atomic mass is 9.96. The lowest BCUT2D eigenvalue weighted by Crippen LogP contribution is -2.29. The maximum absolute atomic E-state index is 5.91. The van der Waals surface area contributed by atoms with Gasteiger partial charge in [0.25, 0.3) is 0 Å². The molecule has 2 fully saturated rings. The van der Waals surface area contributed by atoms with E-state index in [-0.39, 0.29) is 0 Å². The average Bonchev–Trinajstić information content (AvgIpc) is 3.21. The van der Waals surface area contributed by atoms with Crippen molar-refractivity contribution in [2.45, 2.75) is 37.5 Å². The van der Waals surface area contributed by atoms with E-state index in [9.17, 15) is 0 Å². The number of nitrogens with zero attached hydrogens (tertiary/aromatic N) is 1. The van der Waals surface area contributed by atoms with Crippen LogP contribution in [0.4, 0.5) is 5.69 Å². The van der Waals surface area contributed by atoms with Crippen LogP contribution in [0, 0.1) is 0 Å². The third-order valence-corrected chi connectivity index (χ3v) is 5.14. The van der Waals surface area contributed by atoms with Crippen LogP contribution < -0.4 is 10.6 Å². The standard InChI is InChI=1S/C15H21BrN2/c16-13-10-12(15(11-17)6-7-15)4-5-14(13)18-8-2-1-3-9-18/h4-5,10H,1-3,6-9,11,17H2. The first-order chi connectivity index (χ1) is 8.75. The first kappa shape index (κ1) is 12.5. The molecule has 2 aliphatic rings. The Morgan fingerprint density at radius 2 is 1.89 bits per heavy atom. The van der Waals surface area contributed by atoms with E-state index in [4.69, 9.17) is 5.73 Å². The van der Waals surface area contributed by atoms with Crippen LogP contribution in [0.1, 0.15) is 37.7 Å². The smallest absolute Gasteiger partial charge is 0.0510 e. The summed E-state index contributed by atoms with van der Waals surface area (Å²) in [4.78, 5) is 2.50. The lowest BCUT2D eigenvalue weighted by Gasteiger charge is -2.30. The van der Waals surface area contributed by atoms with Gasteiger partial charge in [0, 0.05) is 29.5 Å². The molecule has 2 N–H and O–H groups in total. The molecule has 0 unspecified atom stereocenters. The van der Waals surface area contributed by atoms with Gasteiger partial charge in [-0.25, -0.2) is 0 Å². The quantitative estimate of drug-likeness (QED) is 0.927. The Morgan fingerprint density at radius 1 is 1.17 bits per heavy atom. The summed E-state index contributed by atoms with van der Waals surface area (Å²) in [7, 11) is 0. The monoisotopic (exact) mass is 308 g/mol. The van der Waals surface area contributed by atoms with Crippen LogP contribution >= 0.6 is 15.9 Å². The number of hydrogen-bond donors (Lipinski definition) is 1. The second kappa shape index (κ2) is 4.86. The molecule has 0 bridgehead atoms. The molecule has 3 rings (SSSR count). The van der Waals surface area contributed by atoms with Gasteiger partial charge in [-0.2, -0.15) is 0 Å². The van der Waals surface area contributed by atoms with Crippen LogP contribution in [-0.4, -0.2) is 19.6 Å². The van der Waals surface area contributed by atoms with E-state index in [2.05, 4.69) is 39.0 Å². The van der Waals surface area contributed by atoms with Gasteiger partial charge in [0.15, 0.2) is 0 Å². The van der Waals surface area contributed by atoms with E-state index < -0.39 is 0 Å². The van der Waals surface area contributed by atoms with Crippen molar-refractivity contribution in [3.8, 4) is 0 Å². The highest BCUT2D eigenvalue weighted by molar-refractivity contribution is 9.10.